The van der Waals surface area contributed by atoms with Gasteiger partial charge in [0, 0.05) is 5.46 Å². The molecule has 4 nitrogen and oxygen atoms in total. The summed E-state index contributed by atoms with van der Waals surface area (Å²) in [6.07, 6.45) is -1.44. The monoisotopic (exact) mass is 173 g/mol. The number of hydrogen-bond donors (Lipinski definition) is 4. The fraction of sp³-hybridized carbons (Fsp3) is 0. The van der Waals surface area contributed by atoms with Gasteiger partial charge in [0.05, 0.1) is 0 Å². The molecule has 7 heteroatoms. The van der Waals surface area contributed by atoms with Gasteiger partial charge in [-0.1, -0.05) is 0 Å². The first-order valence-corrected chi connectivity index (χ1v) is 4.35. The van der Waals surface area contributed by atoms with Gasteiger partial charge in [0.1, 0.15) is 10.8 Å². The van der Waals surface area contributed by atoms with Gasteiger partial charge in [-0.05, 0) is 16.4 Å². The molecule has 1 rings (SSSR count). The molecule has 0 amide bonds. The van der Waals surface area contributed by atoms with Crippen LogP contribution in [0.15, 0.2) is 16.8 Å². The van der Waals surface area contributed by atoms with Crippen LogP contribution in [0.3, 0.4) is 0 Å². The Labute approximate surface area is 66.9 Å². The molecule has 1 aromatic rings. The largest absolute Gasteiger partial charge is 0.783 e. The maximum atomic E-state index is 8.66. The Balaban J connectivity index is 2.82. The van der Waals surface area contributed by atoms with E-state index in [-0.39, 0.29) is 0 Å². The summed E-state index contributed by atoms with van der Waals surface area (Å²) in [4.78, 5) is 0. The Hall–Kier alpha value is -0.330. The molecule has 0 saturated carbocycles. The first kappa shape index (κ1) is 8.76. The lowest BCUT2D eigenvalue weighted by molar-refractivity contribution is 0.426. The summed E-state index contributed by atoms with van der Waals surface area (Å²) in [6, 6.07) is 1.47. The SMILES string of the molecule is OB(O)c1cc[s+](B(O)O)c1. The zero-order valence-corrected chi connectivity index (χ0v) is 6.40. The Morgan fingerprint density at radius 3 is 2.09 bits per heavy atom. The average Bonchev–Trinajstić information content (AvgIpc) is 2.33. The van der Waals surface area contributed by atoms with E-state index in [0.717, 1.165) is 0 Å². The Morgan fingerprint density at radius 2 is 1.82 bits per heavy atom. The van der Waals surface area contributed by atoms with Gasteiger partial charge in [0.2, 0.25) is 0 Å². The van der Waals surface area contributed by atoms with Crippen LogP contribution >= 0.6 is 10.3 Å². The van der Waals surface area contributed by atoms with Crippen LogP contribution in [0.25, 0.3) is 0 Å². The summed E-state index contributed by atoms with van der Waals surface area (Å²) < 4.78 is 0. The molecule has 0 aliphatic carbocycles. The van der Waals surface area contributed by atoms with E-state index >= 15 is 0 Å². The summed E-state index contributed by atoms with van der Waals surface area (Å²) in [5.74, 6) is 0. The molecule has 0 aliphatic heterocycles. The van der Waals surface area contributed by atoms with Crippen molar-refractivity contribution < 1.29 is 20.1 Å². The van der Waals surface area contributed by atoms with Crippen molar-refractivity contribution in [3.63, 3.8) is 0 Å². The summed E-state index contributed by atoms with van der Waals surface area (Å²) in [6.45, 7) is 0. The third kappa shape index (κ3) is 2.05. The Bertz CT molecular complexity index is 213. The molecular formula is C4H7B2O4S+. The van der Waals surface area contributed by atoms with Crippen LogP contribution < -0.4 is 5.46 Å². The highest BCUT2D eigenvalue weighted by atomic mass is 32.2. The van der Waals surface area contributed by atoms with Gasteiger partial charge in [-0.25, -0.2) is 0 Å². The van der Waals surface area contributed by atoms with Crippen LogP contribution in [-0.2, 0) is 0 Å². The van der Waals surface area contributed by atoms with Gasteiger partial charge in [-0.15, -0.1) is 0 Å². The molecule has 0 spiro atoms. The molecule has 11 heavy (non-hydrogen) atoms. The van der Waals surface area contributed by atoms with E-state index in [1.807, 2.05) is 0 Å². The summed E-state index contributed by atoms with van der Waals surface area (Å²) in [5.41, 5.74) is 0.307. The number of rotatable bonds is 2. The molecule has 0 saturated heterocycles. The summed E-state index contributed by atoms with van der Waals surface area (Å²) in [5, 5.41) is 37.5. The number of thiophene rings is 1. The van der Waals surface area contributed by atoms with Crippen molar-refractivity contribution in [3.8, 4) is 0 Å². The van der Waals surface area contributed by atoms with Crippen LogP contribution in [0.5, 0.6) is 0 Å². The normalized spacial score (nSPS) is 11.5. The van der Waals surface area contributed by atoms with Crippen molar-refractivity contribution in [1.29, 1.82) is 0 Å². The second-order valence-electron chi connectivity index (χ2n) is 2.03. The molecule has 1 unspecified atom stereocenters. The fourth-order valence-corrected chi connectivity index (χ4v) is 1.84. The standard InChI is InChI=1S/C4H7B2O4S/c7-5(8)4-1-2-11(3-4)6(9)10/h1-3,7-10H/q+1. The third-order valence-corrected chi connectivity index (χ3v) is 2.71. The first-order valence-electron chi connectivity index (χ1n) is 2.94. The molecular weight excluding hydrogens is 166 g/mol. The van der Waals surface area contributed by atoms with Crippen molar-refractivity contribution in [2.24, 2.45) is 0 Å². The lowest BCUT2D eigenvalue weighted by Gasteiger charge is -1.86. The van der Waals surface area contributed by atoms with E-state index in [1.54, 1.807) is 0 Å². The molecule has 0 aliphatic rings. The van der Waals surface area contributed by atoms with Crippen LogP contribution in [0, 0.1) is 0 Å². The Morgan fingerprint density at radius 1 is 1.18 bits per heavy atom. The topological polar surface area (TPSA) is 80.9 Å². The van der Waals surface area contributed by atoms with Crippen LogP contribution in [0.4, 0.5) is 0 Å². The van der Waals surface area contributed by atoms with Crippen molar-refractivity contribution >= 4 is 29.3 Å². The molecule has 1 aromatic heterocycles. The molecule has 0 radical (unpaired) electrons. The van der Waals surface area contributed by atoms with E-state index in [1.165, 1.54) is 16.8 Å². The first-order chi connectivity index (χ1) is 5.11. The van der Waals surface area contributed by atoms with Crippen molar-refractivity contribution in [1.82, 2.24) is 0 Å². The quantitative estimate of drug-likeness (QED) is 0.306. The molecule has 58 valence electrons. The highest BCUT2D eigenvalue weighted by Gasteiger charge is 2.28. The van der Waals surface area contributed by atoms with Gasteiger partial charge in [0.25, 0.3) is 0 Å². The van der Waals surface area contributed by atoms with Crippen LogP contribution in [0.2, 0.25) is 0 Å². The molecule has 1 heterocycles. The maximum Gasteiger partial charge on any atom is 0.783 e. The molecule has 0 fully saturated rings. The van der Waals surface area contributed by atoms with Crippen LogP contribution in [-0.4, -0.2) is 33.6 Å². The minimum absolute atomic E-state index is 0.307. The second-order valence-corrected chi connectivity index (χ2v) is 3.77. The van der Waals surface area contributed by atoms with E-state index in [2.05, 4.69) is 0 Å². The smallest absolute Gasteiger partial charge is 0.423 e. The predicted octanol–water partition coefficient (Wildman–Crippen LogP) is -2.07. The minimum Gasteiger partial charge on any atom is -0.423 e. The highest BCUT2D eigenvalue weighted by molar-refractivity contribution is 7.65. The summed E-state index contributed by atoms with van der Waals surface area (Å²) >= 11 is 0. The van der Waals surface area contributed by atoms with Gasteiger partial charge < -0.3 is 20.1 Å². The minimum atomic E-state index is -1.53. The van der Waals surface area contributed by atoms with Gasteiger partial charge in [0.15, 0.2) is 0 Å². The molecule has 0 aromatic carbocycles. The Kier molecular flexibility index (Phi) is 2.69. The highest BCUT2D eigenvalue weighted by Crippen LogP contribution is 2.15. The fourth-order valence-electron chi connectivity index (χ4n) is 0.671. The van der Waals surface area contributed by atoms with Crippen molar-refractivity contribution in [2.75, 3.05) is 0 Å². The van der Waals surface area contributed by atoms with Gasteiger partial charge >= 0.3 is 13.5 Å². The average molecular weight is 173 g/mol. The number of hydrogen-bond acceptors (Lipinski definition) is 4. The van der Waals surface area contributed by atoms with Gasteiger partial charge in [-0.3, -0.25) is 0 Å². The third-order valence-electron chi connectivity index (χ3n) is 1.23. The van der Waals surface area contributed by atoms with E-state index in [9.17, 15) is 0 Å². The lowest BCUT2D eigenvalue weighted by atomic mass is 9.83. The maximum absolute atomic E-state index is 8.66. The second kappa shape index (κ2) is 3.38. The van der Waals surface area contributed by atoms with Gasteiger partial charge in [-0.2, -0.15) is 0 Å². The zero-order valence-electron chi connectivity index (χ0n) is 5.58. The molecule has 4 N–H and O–H groups in total. The molecule has 1 atom stereocenters. The van der Waals surface area contributed by atoms with Crippen molar-refractivity contribution in [2.45, 2.75) is 0 Å². The van der Waals surface area contributed by atoms with Crippen molar-refractivity contribution in [3.05, 3.63) is 16.8 Å². The lowest BCUT2D eigenvalue weighted by Crippen LogP contribution is -2.28. The zero-order chi connectivity index (χ0) is 8.43. The van der Waals surface area contributed by atoms with E-state index in [0.29, 0.717) is 5.46 Å². The predicted molar refractivity (Wildman–Crippen MR) is 44.3 cm³/mol. The van der Waals surface area contributed by atoms with E-state index in [4.69, 9.17) is 20.1 Å². The summed E-state index contributed by atoms with van der Waals surface area (Å²) in [7, 11) is -2.31. The molecule has 0 bridgehead atoms. The van der Waals surface area contributed by atoms with E-state index < -0.39 is 23.8 Å². The van der Waals surface area contributed by atoms with Crippen LogP contribution in [0.1, 0.15) is 0 Å².